The van der Waals surface area contributed by atoms with Gasteiger partial charge in [0.15, 0.2) is 11.5 Å². The van der Waals surface area contributed by atoms with E-state index in [9.17, 15) is 13.2 Å². The maximum absolute atomic E-state index is 13.0. The minimum absolute atomic E-state index is 0.152. The molecule has 0 spiro atoms. The first kappa shape index (κ1) is 15.6. The van der Waals surface area contributed by atoms with Gasteiger partial charge < -0.3 is 0 Å². The summed E-state index contributed by atoms with van der Waals surface area (Å²) in [6.07, 6.45) is -2.25. The van der Waals surface area contributed by atoms with Crippen molar-refractivity contribution < 1.29 is 13.2 Å². The van der Waals surface area contributed by atoms with E-state index in [0.29, 0.717) is 12.2 Å². The monoisotopic (exact) mass is 345 g/mol. The smallest absolute Gasteiger partial charge is 0.214 e. The van der Waals surface area contributed by atoms with Crippen LogP contribution in [0, 0.1) is 6.92 Å². The van der Waals surface area contributed by atoms with E-state index in [-0.39, 0.29) is 5.65 Å². The summed E-state index contributed by atoms with van der Waals surface area (Å²) in [5.74, 6) is -0.725. The Balaban J connectivity index is 2.07. The summed E-state index contributed by atoms with van der Waals surface area (Å²) >= 11 is 0. The number of hydrogen-bond donors (Lipinski definition) is 0. The van der Waals surface area contributed by atoms with Gasteiger partial charge in [-0.2, -0.15) is 22.8 Å². The fraction of sp³-hybridized carbons (Fsp3) is 0.235. The van der Waals surface area contributed by atoms with Gasteiger partial charge in [-0.05, 0) is 36.6 Å². The van der Waals surface area contributed by atoms with Crippen molar-refractivity contribution in [2.75, 3.05) is 0 Å². The van der Waals surface area contributed by atoms with Crippen LogP contribution in [0.25, 0.3) is 22.4 Å². The van der Waals surface area contributed by atoms with E-state index >= 15 is 0 Å². The summed E-state index contributed by atoms with van der Waals surface area (Å²) in [6, 6.07) is 9.17. The van der Waals surface area contributed by atoms with Crippen molar-refractivity contribution >= 4 is 16.6 Å². The highest BCUT2D eigenvalue weighted by atomic mass is 19.4. The Morgan fingerprint density at radius 3 is 2.68 bits per heavy atom. The Bertz CT molecular complexity index is 1090. The van der Waals surface area contributed by atoms with Gasteiger partial charge in [0.1, 0.15) is 0 Å². The highest BCUT2D eigenvalue weighted by molar-refractivity contribution is 5.83. The molecule has 0 aliphatic carbocycles. The van der Waals surface area contributed by atoms with Crippen LogP contribution < -0.4 is 0 Å². The molecule has 4 rings (SSSR count). The number of nitrogens with zero attached hydrogens (tertiary/aromatic N) is 5. The van der Waals surface area contributed by atoms with Gasteiger partial charge in [-0.25, -0.2) is 9.67 Å². The zero-order chi connectivity index (χ0) is 17.8. The van der Waals surface area contributed by atoms with Crippen LogP contribution in [0.2, 0.25) is 0 Å². The standard InChI is InChI=1S/C17H14F3N5/c1-3-11-7-13-22-16(17(18,19)20)23-24(13)14(8-11)25-15-10(2)5-4-6-12(15)9-21-25/h4-9H,3H2,1-2H3. The van der Waals surface area contributed by atoms with E-state index in [1.807, 2.05) is 32.0 Å². The predicted molar refractivity (Wildman–Crippen MR) is 86.7 cm³/mol. The van der Waals surface area contributed by atoms with Crippen molar-refractivity contribution in [3.05, 3.63) is 53.5 Å². The number of pyridine rings is 1. The molecule has 128 valence electrons. The average molecular weight is 345 g/mol. The number of para-hydroxylation sites is 1. The topological polar surface area (TPSA) is 48.0 Å². The number of benzene rings is 1. The highest BCUT2D eigenvalue weighted by Gasteiger charge is 2.36. The molecule has 25 heavy (non-hydrogen) atoms. The first-order valence-electron chi connectivity index (χ1n) is 7.79. The van der Waals surface area contributed by atoms with Crippen LogP contribution in [-0.4, -0.2) is 24.4 Å². The lowest BCUT2D eigenvalue weighted by atomic mass is 10.1. The Kier molecular flexibility index (Phi) is 3.31. The zero-order valence-corrected chi connectivity index (χ0v) is 13.5. The summed E-state index contributed by atoms with van der Waals surface area (Å²) in [5.41, 5.74) is 2.82. The quantitative estimate of drug-likeness (QED) is 0.552. The van der Waals surface area contributed by atoms with Crippen molar-refractivity contribution in [2.45, 2.75) is 26.4 Å². The lowest BCUT2D eigenvalue weighted by Gasteiger charge is -2.09. The number of rotatable bonds is 2. The second-order valence-electron chi connectivity index (χ2n) is 5.85. The van der Waals surface area contributed by atoms with Crippen LogP contribution >= 0.6 is 0 Å². The summed E-state index contributed by atoms with van der Waals surface area (Å²) in [6.45, 7) is 3.87. The molecular formula is C17H14F3N5. The van der Waals surface area contributed by atoms with Gasteiger partial charge in [-0.1, -0.05) is 25.1 Å². The van der Waals surface area contributed by atoms with Gasteiger partial charge in [0.25, 0.3) is 5.82 Å². The number of fused-ring (bicyclic) bond motifs is 2. The molecule has 3 aromatic heterocycles. The molecule has 5 nitrogen and oxygen atoms in total. The maximum Gasteiger partial charge on any atom is 0.453 e. The predicted octanol–water partition coefficient (Wildman–Crippen LogP) is 3.96. The lowest BCUT2D eigenvalue weighted by molar-refractivity contribution is -0.144. The van der Waals surface area contributed by atoms with Crippen LogP contribution in [0.5, 0.6) is 0 Å². The van der Waals surface area contributed by atoms with Crippen LogP contribution in [0.1, 0.15) is 23.9 Å². The molecule has 8 heteroatoms. The third kappa shape index (κ3) is 2.45. The van der Waals surface area contributed by atoms with Gasteiger partial charge in [-0.15, -0.1) is 5.10 Å². The molecule has 0 saturated heterocycles. The van der Waals surface area contributed by atoms with Gasteiger partial charge in [0.05, 0.1) is 11.7 Å². The average Bonchev–Trinajstić information content (AvgIpc) is 3.18. The first-order valence-corrected chi connectivity index (χ1v) is 7.79. The fourth-order valence-corrected chi connectivity index (χ4v) is 2.92. The number of aromatic nitrogens is 5. The van der Waals surface area contributed by atoms with Crippen molar-refractivity contribution in [1.29, 1.82) is 0 Å². The second-order valence-corrected chi connectivity index (χ2v) is 5.85. The molecule has 0 bridgehead atoms. The third-order valence-electron chi connectivity index (χ3n) is 4.15. The highest BCUT2D eigenvalue weighted by Crippen LogP contribution is 2.28. The molecule has 0 radical (unpaired) electrons. The molecule has 0 saturated carbocycles. The van der Waals surface area contributed by atoms with Gasteiger partial charge in [-0.3, -0.25) is 0 Å². The number of alkyl halides is 3. The summed E-state index contributed by atoms with van der Waals surface area (Å²) in [5, 5.41) is 8.95. The van der Waals surface area contributed by atoms with E-state index in [0.717, 1.165) is 22.0 Å². The SMILES string of the molecule is CCc1cc(-n2ncc3cccc(C)c32)n2nc(C(F)(F)F)nc2c1. The third-order valence-corrected chi connectivity index (χ3v) is 4.15. The lowest BCUT2D eigenvalue weighted by Crippen LogP contribution is -2.09. The molecule has 0 unspecified atom stereocenters. The van der Waals surface area contributed by atoms with E-state index in [1.165, 1.54) is 4.52 Å². The first-order chi connectivity index (χ1) is 11.9. The van der Waals surface area contributed by atoms with Crippen LogP contribution in [0.15, 0.2) is 36.5 Å². The second kappa shape index (κ2) is 5.30. The van der Waals surface area contributed by atoms with Crippen molar-refractivity contribution in [3.63, 3.8) is 0 Å². The molecule has 0 amide bonds. The van der Waals surface area contributed by atoms with Gasteiger partial charge in [0.2, 0.25) is 0 Å². The summed E-state index contributed by atoms with van der Waals surface area (Å²) < 4.78 is 41.9. The summed E-state index contributed by atoms with van der Waals surface area (Å²) in [7, 11) is 0. The number of halogens is 3. The Hall–Kier alpha value is -2.90. The van der Waals surface area contributed by atoms with Crippen molar-refractivity contribution in [2.24, 2.45) is 0 Å². The number of hydrogen-bond acceptors (Lipinski definition) is 3. The van der Waals surface area contributed by atoms with Crippen molar-refractivity contribution in [1.82, 2.24) is 24.4 Å². The molecule has 0 fully saturated rings. The largest absolute Gasteiger partial charge is 0.453 e. The Morgan fingerprint density at radius 1 is 1.16 bits per heavy atom. The molecule has 0 aliphatic rings. The van der Waals surface area contributed by atoms with E-state index in [1.54, 1.807) is 23.0 Å². The number of aryl methyl sites for hydroxylation is 2. The molecule has 4 aromatic rings. The molecule has 0 aliphatic heterocycles. The Morgan fingerprint density at radius 2 is 1.96 bits per heavy atom. The summed E-state index contributed by atoms with van der Waals surface area (Å²) in [4.78, 5) is 3.65. The molecule has 0 atom stereocenters. The van der Waals surface area contributed by atoms with Crippen LogP contribution in [0.3, 0.4) is 0 Å². The van der Waals surface area contributed by atoms with E-state index in [4.69, 9.17) is 0 Å². The molecular weight excluding hydrogens is 331 g/mol. The van der Waals surface area contributed by atoms with Crippen LogP contribution in [-0.2, 0) is 12.6 Å². The minimum atomic E-state index is -4.60. The minimum Gasteiger partial charge on any atom is -0.214 e. The zero-order valence-electron chi connectivity index (χ0n) is 13.5. The fourth-order valence-electron chi connectivity index (χ4n) is 2.92. The normalized spacial score (nSPS) is 12.4. The van der Waals surface area contributed by atoms with E-state index in [2.05, 4.69) is 15.2 Å². The van der Waals surface area contributed by atoms with Crippen molar-refractivity contribution in [3.8, 4) is 5.82 Å². The van der Waals surface area contributed by atoms with Gasteiger partial charge in [0, 0.05) is 5.39 Å². The van der Waals surface area contributed by atoms with E-state index < -0.39 is 12.0 Å². The van der Waals surface area contributed by atoms with Crippen LogP contribution in [0.4, 0.5) is 13.2 Å². The maximum atomic E-state index is 13.0. The molecule has 1 aromatic carbocycles. The molecule has 3 heterocycles. The Labute approximate surface area is 140 Å². The molecule has 0 N–H and O–H groups in total. The van der Waals surface area contributed by atoms with Gasteiger partial charge >= 0.3 is 6.18 Å².